The molecule has 0 aromatic carbocycles. The lowest BCUT2D eigenvalue weighted by Gasteiger charge is -2.21. The molecular weight excluding hydrogens is 224 g/mol. The van der Waals surface area contributed by atoms with Gasteiger partial charge in [-0.3, -0.25) is 0 Å². The summed E-state index contributed by atoms with van der Waals surface area (Å²) in [5, 5.41) is 11.5. The maximum absolute atomic E-state index is 11.8. The van der Waals surface area contributed by atoms with Gasteiger partial charge in [-0.15, -0.1) is 0 Å². The number of aliphatic carboxylic acids is 1. The van der Waals surface area contributed by atoms with E-state index < -0.39 is 18.0 Å². The molecule has 0 radical (unpaired) electrons. The Morgan fingerprint density at radius 2 is 2.12 bits per heavy atom. The number of carbonyl (C=O) groups is 2. The fourth-order valence-corrected chi connectivity index (χ4v) is 1.83. The molecule has 0 aliphatic carbocycles. The number of likely N-dealkylation sites (tertiary alicyclic amines) is 1. The number of anilines is 1. The van der Waals surface area contributed by atoms with Crippen molar-refractivity contribution in [3.05, 3.63) is 18.7 Å². The molecule has 1 aliphatic rings. The number of amides is 2. The van der Waals surface area contributed by atoms with Crippen LogP contribution in [0.1, 0.15) is 12.8 Å². The minimum absolute atomic E-state index is 0.426. The van der Waals surface area contributed by atoms with E-state index in [2.05, 4.69) is 15.3 Å². The maximum atomic E-state index is 11.8. The topological polar surface area (TPSA) is 95.4 Å². The molecular formula is C10H12N4O3. The number of hydrogen-bond acceptors (Lipinski definition) is 4. The molecule has 1 aromatic heterocycles. The van der Waals surface area contributed by atoms with Crippen LogP contribution >= 0.6 is 0 Å². The van der Waals surface area contributed by atoms with Crippen molar-refractivity contribution in [2.45, 2.75) is 18.9 Å². The van der Waals surface area contributed by atoms with Gasteiger partial charge in [0.25, 0.3) is 0 Å². The van der Waals surface area contributed by atoms with Gasteiger partial charge in [-0.2, -0.15) is 0 Å². The van der Waals surface area contributed by atoms with E-state index in [0.717, 1.165) is 0 Å². The quantitative estimate of drug-likeness (QED) is 0.782. The minimum Gasteiger partial charge on any atom is -0.480 e. The van der Waals surface area contributed by atoms with E-state index in [1.54, 1.807) is 0 Å². The van der Waals surface area contributed by atoms with Crippen LogP contribution in [0.3, 0.4) is 0 Å². The van der Waals surface area contributed by atoms with Crippen LogP contribution in [0, 0.1) is 0 Å². The molecule has 2 amide bonds. The summed E-state index contributed by atoms with van der Waals surface area (Å²) in [6, 6.07) is -1.16. The highest BCUT2D eigenvalue weighted by molar-refractivity contribution is 5.92. The molecule has 90 valence electrons. The molecule has 2 N–H and O–H groups in total. The summed E-state index contributed by atoms with van der Waals surface area (Å²) in [6.07, 6.45) is 5.46. The SMILES string of the molecule is O=C(O)C1CCCN1C(=O)Nc1cncnc1. The first-order valence-electron chi connectivity index (χ1n) is 5.24. The van der Waals surface area contributed by atoms with E-state index in [9.17, 15) is 9.59 Å². The lowest BCUT2D eigenvalue weighted by molar-refractivity contribution is -0.141. The fraction of sp³-hybridized carbons (Fsp3) is 0.400. The third-order valence-corrected chi connectivity index (χ3v) is 2.61. The molecule has 2 rings (SSSR count). The molecule has 7 heteroatoms. The van der Waals surface area contributed by atoms with Crippen LogP contribution in [0.25, 0.3) is 0 Å². The molecule has 17 heavy (non-hydrogen) atoms. The summed E-state index contributed by atoms with van der Waals surface area (Å²) in [4.78, 5) is 31.6. The maximum Gasteiger partial charge on any atom is 0.326 e. The highest BCUT2D eigenvalue weighted by Gasteiger charge is 2.33. The molecule has 1 aromatic rings. The second-order valence-corrected chi connectivity index (χ2v) is 3.75. The van der Waals surface area contributed by atoms with E-state index in [-0.39, 0.29) is 0 Å². The van der Waals surface area contributed by atoms with Crippen LogP contribution in [-0.4, -0.2) is 44.6 Å². The number of rotatable bonds is 2. The van der Waals surface area contributed by atoms with Gasteiger partial charge >= 0.3 is 12.0 Å². The summed E-state index contributed by atoms with van der Waals surface area (Å²) in [6.45, 7) is 0.455. The Balaban J connectivity index is 2.03. The van der Waals surface area contributed by atoms with Gasteiger partial charge in [-0.1, -0.05) is 0 Å². The first kappa shape index (κ1) is 11.3. The van der Waals surface area contributed by atoms with E-state index in [1.165, 1.54) is 23.6 Å². The van der Waals surface area contributed by atoms with Crippen LogP contribution in [-0.2, 0) is 4.79 Å². The molecule has 1 atom stereocenters. The zero-order valence-corrected chi connectivity index (χ0v) is 9.04. The zero-order valence-electron chi connectivity index (χ0n) is 9.04. The van der Waals surface area contributed by atoms with Gasteiger partial charge in [0.1, 0.15) is 12.4 Å². The average Bonchev–Trinajstić information content (AvgIpc) is 2.79. The van der Waals surface area contributed by atoms with Crippen molar-refractivity contribution < 1.29 is 14.7 Å². The fourth-order valence-electron chi connectivity index (χ4n) is 1.83. The Kier molecular flexibility index (Phi) is 3.17. The van der Waals surface area contributed by atoms with Crippen molar-refractivity contribution in [2.75, 3.05) is 11.9 Å². The molecule has 1 unspecified atom stereocenters. The van der Waals surface area contributed by atoms with E-state index >= 15 is 0 Å². The minimum atomic E-state index is -0.970. The molecule has 2 heterocycles. The Morgan fingerprint density at radius 3 is 2.76 bits per heavy atom. The summed E-state index contributed by atoms with van der Waals surface area (Å²) >= 11 is 0. The number of aromatic nitrogens is 2. The second kappa shape index (κ2) is 4.77. The Bertz CT molecular complexity index is 423. The Morgan fingerprint density at radius 1 is 1.41 bits per heavy atom. The monoisotopic (exact) mass is 236 g/mol. The molecule has 7 nitrogen and oxygen atoms in total. The highest BCUT2D eigenvalue weighted by atomic mass is 16.4. The van der Waals surface area contributed by atoms with Crippen LogP contribution in [0.4, 0.5) is 10.5 Å². The highest BCUT2D eigenvalue weighted by Crippen LogP contribution is 2.18. The first-order chi connectivity index (χ1) is 8.18. The van der Waals surface area contributed by atoms with Crippen molar-refractivity contribution in [3.8, 4) is 0 Å². The van der Waals surface area contributed by atoms with E-state index in [1.807, 2.05) is 0 Å². The van der Waals surface area contributed by atoms with Crippen molar-refractivity contribution >= 4 is 17.7 Å². The van der Waals surface area contributed by atoms with E-state index in [4.69, 9.17) is 5.11 Å². The standard InChI is InChI=1S/C10H12N4O3/c15-9(16)8-2-1-3-14(8)10(17)13-7-4-11-6-12-5-7/h4-6,8H,1-3H2,(H,13,17)(H,15,16). The van der Waals surface area contributed by atoms with Crippen LogP contribution in [0.5, 0.6) is 0 Å². The molecule has 0 spiro atoms. The molecule has 1 fully saturated rings. The van der Waals surface area contributed by atoms with Crippen molar-refractivity contribution in [1.82, 2.24) is 14.9 Å². The van der Waals surface area contributed by atoms with Gasteiger partial charge < -0.3 is 15.3 Å². The zero-order chi connectivity index (χ0) is 12.3. The summed E-state index contributed by atoms with van der Waals surface area (Å²) < 4.78 is 0. The summed E-state index contributed by atoms with van der Waals surface area (Å²) in [5.74, 6) is -0.970. The third-order valence-electron chi connectivity index (χ3n) is 2.61. The van der Waals surface area contributed by atoms with Crippen molar-refractivity contribution in [1.29, 1.82) is 0 Å². The van der Waals surface area contributed by atoms with Gasteiger partial charge in [0, 0.05) is 6.54 Å². The normalized spacial score (nSPS) is 19.1. The molecule has 0 bridgehead atoms. The number of nitrogens with one attached hydrogen (secondary N) is 1. The van der Waals surface area contributed by atoms with Crippen LogP contribution < -0.4 is 5.32 Å². The molecule has 1 aliphatic heterocycles. The van der Waals surface area contributed by atoms with Gasteiger partial charge in [0.05, 0.1) is 18.1 Å². The Labute approximate surface area is 97.5 Å². The lowest BCUT2D eigenvalue weighted by Crippen LogP contribution is -2.42. The van der Waals surface area contributed by atoms with Crippen LogP contribution in [0.15, 0.2) is 18.7 Å². The van der Waals surface area contributed by atoms with Crippen molar-refractivity contribution in [2.24, 2.45) is 0 Å². The third kappa shape index (κ3) is 2.49. The largest absolute Gasteiger partial charge is 0.480 e. The summed E-state index contributed by atoms with van der Waals surface area (Å²) in [5.41, 5.74) is 0.452. The van der Waals surface area contributed by atoms with Crippen molar-refractivity contribution in [3.63, 3.8) is 0 Å². The predicted octanol–water partition coefficient (Wildman–Crippen LogP) is 0.557. The number of carbonyl (C=O) groups excluding carboxylic acids is 1. The predicted molar refractivity (Wildman–Crippen MR) is 58.4 cm³/mol. The first-order valence-corrected chi connectivity index (χ1v) is 5.24. The van der Waals surface area contributed by atoms with E-state index in [0.29, 0.717) is 25.1 Å². The second-order valence-electron chi connectivity index (χ2n) is 3.75. The molecule has 1 saturated heterocycles. The van der Waals surface area contributed by atoms with Gasteiger partial charge in [0.2, 0.25) is 0 Å². The van der Waals surface area contributed by atoms with Crippen LogP contribution in [0.2, 0.25) is 0 Å². The summed E-state index contributed by atoms with van der Waals surface area (Å²) in [7, 11) is 0. The number of urea groups is 1. The number of carboxylic acids is 1. The number of nitrogens with zero attached hydrogens (tertiary/aromatic N) is 3. The number of hydrogen-bond donors (Lipinski definition) is 2. The van der Waals surface area contributed by atoms with Gasteiger partial charge in [-0.05, 0) is 12.8 Å². The smallest absolute Gasteiger partial charge is 0.326 e. The lowest BCUT2D eigenvalue weighted by atomic mass is 10.2. The average molecular weight is 236 g/mol. The number of carboxylic acid groups (broad SMARTS) is 1. The Hall–Kier alpha value is -2.18. The van der Waals surface area contributed by atoms with Gasteiger partial charge in [0.15, 0.2) is 0 Å². The molecule has 0 saturated carbocycles. The van der Waals surface area contributed by atoms with Gasteiger partial charge in [-0.25, -0.2) is 19.6 Å².